The molecule has 3 nitrogen and oxygen atoms in total. The minimum Gasteiger partial charge on any atom is -0.350 e. The molecule has 0 bridgehead atoms. The van der Waals surface area contributed by atoms with E-state index in [4.69, 9.17) is 0 Å². The fourth-order valence-electron chi connectivity index (χ4n) is 3.47. The van der Waals surface area contributed by atoms with Crippen LogP contribution >= 0.6 is 0 Å². The van der Waals surface area contributed by atoms with E-state index in [1.165, 1.54) is 36.0 Å². The number of nitrogens with one attached hydrogen (secondary N) is 1. The normalized spacial score (nSPS) is 16.4. The van der Waals surface area contributed by atoms with Crippen molar-refractivity contribution in [3.63, 3.8) is 0 Å². The first-order valence-corrected chi connectivity index (χ1v) is 9.29. The second-order valence-electron chi connectivity index (χ2n) is 7.10. The van der Waals surface area contributed by atoms with Gasteiger partial charge in [0.2, 0.25) is 0 Å². The summed E-state index contributed by atoms with van der Waals surface area (Å²) in [5.41, 5.74) is 4.45. The number of rotatable bonds is 5. The highest BCUT2D eigenvalue weighted by molar-refractivity contribution is 5.94. The molecule has 2 aromatic rings. The van der Waals surface area contributed by atoms with Gasteiger partial charge < -0.3 is 5.32 Å². The van der Waals surface area contributed by atoms with Crippen LogP contribution in [0.2, 0.25) is 0 Å². The largest absolute Gasteiger partial charge is 0.350 e. The third kappa shape index (κ3) is 4.70. The summed E-state index contributed by atoms with van der Waals surface area (Å²) < 4.78 is 0. The lowest BCUT2D eigenvalue weighted by molar-refractivity contribution is 0.0924. The average molecular weight is 336 g/mol. The van der Waals surface area contributed by atoms with E-state index in [2.05, 4.69) is 41.4 Å². The van der Waals surface area contributed by atoms with Gasteiger partial charge in [-0.3, -0.25) is 9.69 Å². The van der Waals surface area contributed by atoms with Crippen LogP contribution in [0, 0.1) is 13.8 Å². The Bertz CT molecular complexity index is 685. The van der Waals surface area contributed by atoms with Gasteiger partial charge in [0.25, 0.3) is 5.91 Å². The maximum Gasteiger partial charge on any atom is 0.251 e. The number of nitrogens with zero attached hydrogens (tertiary/aromatic N) is 1. The summed E-state index contributed by atoms with van der Waals surface area (Å²) in [6.45, 7) is 7.01. The highest BCUT2D eigenvalue weighted by Crippen LogP contribution is 2.24. The van der Waals surface area contributed by atoms with Gasteiger partial charge in [-0.05, 0) is 57.5 Å². The molecule has 2 aromatic carbocycles. The summed E-state index contributed by atoms with van der Waals surface area (Å²) in [6.07, 6.45) is 3.80. The van der Waals surface area contributed by atoms with Gasteiger partial charge in [0.05, 0.1) is 6.04 Å². The van der Waals surface area contributed by atoms with E-state index < -0.39 is 0 Å². The molecule has 0 aliphatic carbocycles. The van der Waals surface area contributed by atoms with E-state index >= 15 is 0 Å². The van der Waals surface area contributed by atoms with E-state index in [-0.39, 0.29) is 11.9 Å². The minimum absolute atomic E-state index is 0.00845. The first-order valence-electron chi connectivity index (χ1n) is 9.29. The second kappa shape index (κ2) is 8.30. The third-order valence-corrected chi connectivity index (χ3v) is 5.06. The van der Waals surface area contributed by atoms with Crippen LogP contribution in [-0.2, 0) is 0 Å². The van der Waals surface area contributed by atoms with Crippen molar-refractivity contribution in [2.24, 2.45) is 0 Å². The maximum absolute atomic E-state index is 12.5. The topological polar surface area (TPSA) is 32.3 Å². The number of likely N-dealkylation sites (tertiary alicyclic amines) is 1. The minimum atomic E-state index is 0.00845. The Hall–Kier alpha value is -2.13. The van der Waals surface area contributed by atoms with Gasteiger partial charge in [0, 0.05) is 12.1 Å². The van der Waals surface area contributed by atoms with Crippen molar-refractivity contribution in [2.45, 2.75) is 39.2 Å². The van der Waals surface area contributed by atoms with Crippen LogP contribution < -0.4 is 5.32 Å². The molecule has 1 saturated heterocycles. The van der Waals surface area contributed by atoms with Gasteiger partial charge in [-0.25, -0.2) is 0 Å². The SMILES string of the molecule is Cc1ccc(C(=O)NC[C@@H](c2ccc(C)cc2)N2CCCCC2)cc1. The van der Waals surface area contributed by atoms with Crippen molar-refractivity contribution in [1.82, 2.24) is 10.2 Å². The third-order valence-electron chi connectivity index (χ3n) is 5.06. The molecule has 1 aliphatic heterocycles. The smallest absolute Gasteiger partial charge is 0.251 e. The average Bonchev–Trinajstić information content (AvgIpc) is 2.64. The van der Waals surface area contributed by atoms with Crippen LogP contribution in [0.1, 0.15) is 52.4 Å². The molecule has 132 valence electrons. The van der Waals surface area contributed by atoms with Crippen molar-refractivity contribution < 1.29 is 4.79 Å². The highest BCUT2D eigenvalue weighted by atomic mass is 16.1. The number of benzene rings is 2. The monoisotopic (exact) mass is 336 g/mol. The zero-order valence-electron chi connectivity index (χ0n) is 15.3. The van der Waals surface area contributed by atoms with Gasteiger partial charge in [-0.1, -0.05) is 53.9 Å². The number of piperidine rings is 1. The van der Waals surface area contributed by atoms with Crippen LogP contribution in [0.3, 0.4) is 0 Å². The Morgan fingerprint density at radius 1 is 0.920 bits per heavy atom. The van der Waals surface area contributed by atoms with Crippen molar-refractivity contribution in [1.29, 1.82) is 0 Å². The molecule has 3 heteroatoms. The number of carbonyl (C=O) groups excluding carboxylic acids is 1. The molecule has 0 radical (unpaired) electrons. The summed E-state index contributed by atoms with van der Waals surface area (Å²) in [6, 6.07) is 16.7. The van der Waals surface area contributed by atoms with Crippen LogP contribution in [0.4, 0.5) is 0 Å². The van der Waals surface area contributed by atoms with Crippen molar-refractivity contribution in [3.8, 4) is 0 Å². The number of carbonyl (C=O) groups is 1. The Balaban J connectivity index is 1.71. The Morgan fingerprint density at radius 3 is 2.08 bits per heavy atom. The molecule has 1 atom stereocenters. The molecule has 0 spiro atoms. The van der Waals surface area contributed by atoms with Crippen LogP contribution in [-0.4, -0.2) is 30.4 Å². The van der Waals surface area contributed by atoms with Crippen LogP contribution in [0.25, 0.3) is 0 Å². The first-order chi connectivity index (χ1) is 12.1. The summed E-state index contributed by atoms with van der Waals surface area (Å²) >= 11 is 0. The molecular formula is C22H28N2O. The molecule has 25 heavy (non-hydrogen) atoms. The van der Waals surface area contributed by atoms with E-state index in [0.29, 0.717) is 6.54 Å². The van der Waals surface area contributed by atoms with Gasteiger partial charge >= 0.3 is 0 Å². The number of hydrogen-bond donors (Lipinski definition) is 1. The fraction of sp³-hybridized carbons (Fsp3) is 0.409. The fourth-order valence-corrected chi connectivity index (χ4v) is 3.47. The Labute approximate surface area is 151 Å². The van der Waals surface area contributed by atoms with E-state index in [0.717, 1.165) is 18.7 Å². The molecule has 0 unspecified atom stereocenters. The van der Waals surface area contributed by atoms with Crippen LogP contribution in [0.5, 0.6) is 0 Å². The van der Waals surface area contributed by atoms with Crippen molar-refractivity contribution >= 4 is 5.91 Å². The molecule has 0 saturated carbocycles. The number of aryl methyl sites for hydroxylation is 2. The number of amides is 1. The summed E-state index contributed by atoms with van der Waals surface area (Å²) in [5.74, 6) is 0.00845. The second-order valence-corrected chi connectivity index (χ2v) is 7.10. The van der Waals surface area contributed by atoms with Crippen molar-refractivity contribution in [3.05, 3.63) is 70.8 Å². The molecule has 1 amide bonds. The highest BCUT2D eigenvalue weighted by Gasteiger charge is 2.23. The lowest BCUT2D eigenvalue weighted by Gasteiger charge is -2.35. The predicted octanol–water partition coefficient (Wildman–Crippen LogP) is 4.26. The quantitative estimate of drug-likeness (QED) is 0.885. The van der Waals surface area contributed by atoms with E-state index in [9.17, 15) is 4.79 Å². The molecule has 1 aliphatic rings. The summed E-state index contributed by atoms with van der Waals surface area (Å²) in [5, 5.41) is 3.15. The molecule has 0 aromatic heterocycles. The molecule has 1 N–H and O–H groups in total. The van der Waals surface area contributed by atoms with Gasteiger partial charge in [0.1, 0.15) is 0 Å². The maximum atomic E-state index is 12.5. The molecular weight excluding hydrogens is 308 g/mol. The Morgan fingerprint density at radius 2 is 1.48 bits per heavy atom. The molecule has 1 heterocycles. The first kappa shape index (κ1) is 17.7. The molecule has 3 rings (SSSR count). The zero-order valence-corrected chi connectivity index (χ0v) is 15.3. The van der Waals surface area contributed by atoms with Gasteiger partial charge in [-0.2, -0.15) is 0 Å². The van der Waals surface area contributed by atoms with E-state index in [1.807, 2.05) is 31.2 Å². The van der Waals surface area contributed by atoms with Gasteiger partial charge in [-0.15, -0.1) is 0 Å². The summed E-state index contributed by atoms with van der Waals surface area (Å²) in [4.78, 5) is 15.0. The van der Waals surface area contributed by atoms with E-state index in [1.54, 1.807) is 0 Å². The van der Waals surface area contributed by atoms with Crippen molar-refractivity contribution in [2.75, 3.05) is 19.6 Å². The number of hydrogen-bond acceptors (Lipinski definition) is 2. The lowest BCUT2D eigenvalue weighted by Crippen LogP contribution is -2.40. The standard InChI is InChI=1S/C22H28N2O/c1-17-6-10-19(11-7-17)21(24-14-4-3-5-15-24)16-23-22(25)20-12-8-18(2)9-13-20/h6-13,21H,3-5,14-16H2,1-2H3,(H,23,25)/t21-/m0/s1. The molecule has 1 fully saturated rings. The predicted molar refractivity (Wildman–Crippen MR) is 103 cm³/mol. The zero-order chi connectivity index (χ0) is 17.6. The van der Waals surface area contributed by atoms with Gasteiger partial charge in [0.15, 0.2) is 0 Å². The van der Waals surface area contributed by atoms with Crippen LogP contribution in [0.15, 0.2) is 48.5 Å². The summed E-state index contributed by atoms with van der Waals surface area (Å²) in [7, 11) is 0. The Kier molecular flexibility index (Phi) is 5.87. The lowest BCUT2D eigenvalue weighted by atomic mass is 10.0.